The lowest BCUT2D eigenvalue weighted by atomic mass is 10.2. The topological polar surface area (TPSA) is 41.1 Å². The summed E-state index contributed by atoms with van der Waals surface area (Å²) in [5, 5.41) is 0.696. The van der Waals surface area contributed by atoms with Crippen LogP contribution >= 0.6 is 11.6 Å². The summed E-state index contributed by atoms with van der Waals surface area (Å²) in [4.78, 5) is 10.3. The van der Waals surface area contributed by atoms with Gasteiger partial charge < -0.3 is 14.6 Å². The Kier molecular flexibility index (Phi) is 5.38. The van der Waals surface area contributed by atoms with Gasteiger partial charge in [0.15, 0.2) is 0 Å². The van der Waals surface area contributed by atoms with E-state index >= 15 is 0 Å². The Morgan fingerprint density at radius 1 is 1.12 bits per heavy atom. The van der Waals surface area contributed by atoms with Crippen LogP contribution in [0.3, 0.4) is 0 Å². The maximum Gasteiger partial charge on any atom is 0.142 e. The highest BCUT2D eigenvalue weighted by Crippen LogP contribution is 2.30. The zero-order valence-corrected chi connectivity index (χ0v) is 14.8. The van der Waals surface area contributed by atoms with Crippen LogP contribution in [0.4, 0.5) is 0 Å². The summed E-state index contributed by atoms with van der Waals surface area (Å²) in [7, 11) is 0. The van der Waals surface area contributed by atoms with E-state index in [4.69, 9.17) is 16.3 Å². The fourth-order valence-electron chi connectivity index (χ4n) is 2.72. The number of para-hydroxylation sites is 1. The molecule has 0 aliphatic rings. The molecule has 0 saturated heterocycles. The minimum Gasteiger partial charge on any atom is -0.491 e. The second kappa shape index (κ2) is 7.69. The molecule has 0 bridgehead atoms. The highest BCUT2D eigenvalue weighted by atomic mass is 35.5. The third-order valence-electron chi connectivity index (χ3n) is 4.15. The van der Waals surface area contributed by atoms with Crippen LogP contribution in [0.2, 0.25) is 5.02 Å². The average Bonchev–Trinajstić information content (AvgIpc) is 3.02. The molecule has 3 rings (SSSR count). The summed E-state index contributed by atoms with van der Waals surface area (Å²) in [5.74, 6) is 1.64. The van der Waals surface area contributed by atoms with Gasteiger partial charge in [-0.2, -0.15) is 0 Å². The molecule has 0 spiro atoms. The highest BCUT2D eigenvalue weighted by Gasteiger charge is 2.11. The summed E-state index contributed by atoms with van der Waals surface area (Å²) >= 11 is 6.05. The molecule has 24 heavy (non-hydrogen) atoms. The fraction of sp³-hybridized carbons (Fsp3) is 0.316. The number of aromatic nitrogens is 2. The molecule has 0 atom stereocenters. The van der Waals surface area contributed by atoms with Gasteiger partial charge in [0, 0.05) is 11.6 Å². The Morgan fingerprint density at radius 3 is 2.71 bits per heavy atom. The van der Waals surface area contributed by atoms with Crippen molar-refractivity contribution in [2.75, 3.05) is 26.2 Å². The Hall–Kier alpha value is -2.04. The molecule has 126 valence electrons. The molecule has 4 nitrogen and oxygen atoms in total. The third kappa shape index (κ3) is 3.71. The molecule has 1 aromatic heterocycles. The van der Waals surface area contributed by atoms with Gasteiger partial charge in [-0.15, -0.1) is 0 Å². The number of benzene rings is 2. The lowest BCUT2D eigenvalue weighted by molar-refractivity contribution is 0.223. The van der Waals surface area contributed by atoms with Crippen molar-refractivity contribution in [1.29, 1.82) is 0 Å². The van der Waals surface area contributed by atoms with E-state index in [-0.39, 0.29) is 0 Å². The number of imidazole rings is 1. The minimum absolute atomic E-state index is 0.657. The molecular weight excluding hydrogens is 322 g/mol. The first-order chi connectivity index (χ1) is 11.7. The maximum atomic E-state index is 6.05. The van der Waals surface area contributed by atoms with Crippen LogP contribution in [0, 0.1) is 0 Å². The van der Waals surface area contributed by atoms with Gasteiger partial charge in [0.05, 0.1) is 16.6 Å². The van der Waals surface area contributed by atoms with Crippen molar-refractivity contribution in [3.8, 4) is 17.1 Å². The van der Waals surface area contributed by atoms with Crippen molar-refractivity contribution >= 4 is 22.6 Å². The number of likely N-dealkylation sites (N-methyl/N-ethyl adjacent to an activating group) is 1. The number of halogens is 1. The maximum absolute atomic E-state index is 6.05. The van der Waals surface area contributed by atoms with Crippen molar-refractivity contribution < 1.29 is 4.74 Å². The monoisotopic (exact) mass is 343 g/mol. The van der Waals surface area contributed by atoms with E-state index in [0.717, 1.165) is 47.8 Å². The molecule has 0 aliphatic heterocycles. The van der Waals surface area contributed by atoms with Crippen LogP contribution in [-0.4, -0.2) is 41.1 Å². The molecule has 5 heteroatoms. The molecule has 1 heterocycles. The first-order valence-electron chi connectivity index (χ1n) is 8.31. The average molecular weight is 344 g/mol. The van der Waals surface area contributed by atoms with Gasteiger partial charge in [0.2, 0.25) is 0 Å². The summed E-state index contributed by atoms with van der Waals surface area (Å²) in [6, 6.07) is 13.6. The van der Waals surface area contributed by atoms with Gasteiger partial charge in [0.1, 0.15) is 18.2 Å². The van der Waals surface area contributed by atoms with Gasteiger partial charge in [-0.3, -0.25) is 0 Å². The van der Waals surface area contributed by atoms with Crippen molar-refractivity contribution in [3.05, 3.63) is 47.5 Å². The molecule has 0 radical (unpaired) electrons. The van der Waals surface area contributed by atoms with Gasteiger partial charge in [0.25, 0.3) is 0 Å². The number of H-pyrrole nitrogens is 1. The second-order valence-corrected chi connectivity index (χ2v) is 6.05. The molecule has 0 unspecified atom stereocenters. The first kappa shape index (κ1) is 16.8. The number of fused-ring (bicyclic) bond motifs is 1. The zero-order valence-electron chi connectivity index (χ0n) is 14.1. The molecule has 2 aromatic carbocycles. The van der Waals surface area contributed by atoms with E-state index in [0.29, 0.717) is 11.6 Å². The third-order valence-corrected chi connectivity index (χ3v) is 4.38. The summed E-state index contributed by atoms with van der Waals surface area (Å²) < 4.78 is 6.02. The van der Waals surface area contributed by atoms with E-state index in [9.17, 15) is 0 Å². The predicted octanol–water partition coefficient (Wildman–Crippen LogP) is 4.60. The number of nitrogens with zero attached hydrogens (tertiary/aromatic N) is 2. The predicted molar refractivity (Wildman–Crippen MR) is 99.8 cm³/mol. The molecule has 0 amide bonds. The molecule has 3 aromatic rings. The quantitative estimate of drug-likeness (QED) is 0.681. The lowest BCUT2D eigenvalue weighted by Crippen LogP contribution is -2.27. The number of nitrogens with one attached hydrogen (secondary N) is 1. The molecule has 0 aliphatic carbocycles. The van der Waals surface area contributed by atoms with Crippen LogP contribution in [0.5, 0.6) is 5.75 Å². The zero-order chi connectivity index (χ0) is 16.9. The SMILES string of the molecule is CCN(CC)CCOc1ccccc1-c1nc2ccc(Cl)cc2[nH]1. The largest absolute Gasteiger partial charge is 0.491 e. The van der Waals surface area contributed by atoms with E-state index in [1.165, 1.54) is 0 Å². The number of hydrogen-bond donors (Lipinski definition) is 1. The van der Waals surface area contributed by atoms with Crippen LogP contribution < -0.4 is 4.74 Å². The van der Waals surface area contributed by atoms with Crippen molar-refractivity contribution in [2.45, 2.75) is 13.8 Å². The minimum atomic E-state index is 0.657. The number of rotatable bonds is 7. The Morgan fingerprint density at radius 2 is 1.92 bits per heavy atom. The molecule has 0 saturated carbocycles. The van der Waals surface area contributed by atoms with Crippen LogP contribution in [0.1, 0.15) is 13.8 Å². The Labute approximate surface area is 147 Å². The normalized spacial score (nSPS) is 11.3. The Balaban J connectivity index is 1.82. The smallest absolute Gasteiger partial charge is 0.142 e. The van der Waals surface area contributed by atoms with Gasteiger partial charge >= 0.3 is 0 Å². The molecular formula is C19H22ClN3O. The van der Waals surface area contributed by atoms with Crippen LogP contribution in [0.25, 0.3) is 22.4 Å². The molecule has 1 N–H and O–H groups in total. The van der Waals surface area contributed by atoms with Crippen LogP contribution in [0.15, 0.2) is 42.5 Å². The number of ether oxygens (including phenoxy) is 1. The summed E-state index contributed by atoms with van der Waals surface area (Å²) in [6.45, 7) is 7.97. The highest BCUT2D eigenvalue weighted by molar-refractivity contribution is 6.31. The fourth-order valence-corrected chi connectivity index (χ4v) is 2.89. The van der Waals surface area contributed by atoms with E-state index in [2.05, 4.69) is 28.7 Å². The van der Waals surface area contributed by atoms with Gasteiger partial charge in [-0.25, -0.2) is 4.98 Å². The van der Waals surface area contributed by atoms with Gasteiger partial charge in [-0.1, -0.05) is 37.6 Å². The van der Waals surface area contributed by atoms with Gasteiger partial charge in [-0.05, 0) is 43.4 Å². The number of hydrogen-bond acceptors (Lipinski definition) is 3. The van der Waals surface area contributed by atoms with Crippen LogP contribution in [-0.2, 0) is 0 Å². The molecule has 0 fully saturated rings. The Bertz CT molecular complexity index is 811. The lowest BCUT2D eigenvalue weighted by Gasteiger charge is -2.18. The van der Waals surface area contributed by atoms with E-state index < -0.39 is 0 Å². The summed E-state index contributed by atoms with van der Waals surface area (Å²) in [5.41, 5.74) is 2.78. The van der Waals surface area contributed by atoms with E-state index in [1.807, 2.05) is 42.5 Å². The number of aromatic amines is 1. The van der Waals surface area contributed by atoms with Crippen molar-refractivity contribution in [1.82, 2.24) is 14.9 Å². The van der Waals surface area contributed by atoms with Crippen molar-refractivity contribution in [2.24, 2.45) is 0 Å². The summed E-state index contributed by atoms with van der Waals surface area (Å²) in [6.07, 6.45) is 0. The first-order valence-corrected chi connectivity index (χ1v) is 8.69. The van der Waals surface area contributed by atoms with Crippen molar-refractivity contribution in [3.63, 3.8) is 0 Å². The second-order valence-electron chi connectivity index (χ2n) is 5.62. The van der Waals surface area contributed by atoms with E-state index in [1.54, 1.807) is 0 Å². The standard InChI is InChI=1S/C19H22ClN3O/c1-3-23(4-2)11-12-24-18-8-6-5-7-15(18)19-21-16-10-9-14(20)13-17(16)22-19/h5-10,13H,3-4,11-12H2,1-2H3,(H,21,22).